The average Bonchev–Trinajstić information content (AvgIpc) is 3.15. The summed E-state index contributed by atoms with van der Waals surface area (Å²) in [4.78, 5) is 14.6. The zero-order valence-corrected chi connectivity index (χ0v) is 15.4. The molecule has 3 rings (SSSR count). The maximum Gasteiger partial charge on any atom is 0.416 e. The van der Waals surface area contributed by atoms with Gasteiger partial charge in [-0.1, -0.05) is 26.0 Å². The van der Waals surface area contributed by atoms with Crippen molar-refractivity contribution in [2.24, 2.45) is 0 Å². The molecule has 3 nitrogen and oxygen atoms in total. The van der Waals surface area contributed by atoms with Gasteiger partial charge in [0, 0.05) is 18.7 Å². The molecule has 0 unspecified atom stereocenters. The van der Waals surface area contributed by atoms with Gasteiger partial charge in [0.2, 0.25) is 0 Å². The van der Waals surface area contributed by atoms with Crippen LogP contribution in [0, 0.1) is 0 Å². The van der Waals surface area contributed by atoms with E-state index < -0.39 is 17.6 Å². The Morgan fingerprint density at radius 2 is 1.67 bits per heavy atom. The summed E-state index contributed by atoms with van der Waals surface area (Å²) >= 11 is 0. The van der Waals surface area contributed by atoms with Crippen molar-refractivity contribution in [3.8, 4) is 0 Å². The van der Waals surface area contributed by atoms with E-state index in [4.69, 9.17) is 0 Å². The average molecular weight is 376 g/mol. The van der Waals surface area contributed by atoms with Crippen LogP contribution in [0.3, 0.4) is 0 Å². The highest BCUT2D eigenvalue weighted by Crippen LogP contribution is 2.36. The highest BCUT2D eigenvalue weighted by atomic mass is 19.4. The quantitative estimate of drug-likeness (QED) is 0.744. The summed E-state index contributed by atoms with van der Waals surface area (Å²) in [7, 11) is 0. The lowest BCUT2D eigenvalue weighted by Gasteiger charge is -2.23. The zero-order valence-electron chi connectivity index (χ0n) is 15.4. The van der Waals surface area contributed by atoms with E-state index in [1.54, 1.807) is 12.1 Å². The van der Waals surface area contributed by atoms with Crippen LogP contribution in [-0.4, -0.2) is 19.0 Å². The number of nitrogens with zero attached hydrogens (tertiary/aromatic N) is 1. The molecule has 1 aliphatic rings. The largest absolute Gasteiger partial charge is 0.416 e. The molecular formula is C21H23F3N2O. The Hall–Kier alpha value is -2.50. The molecule has 0 aliphatic carbocycles. The standard InChI is InChI=1S/C21H23F3N2O/c1-14(2)15-5-7-16(8-6-15)20(27)25-18-13-17(21(22,23)24)9-10-19(18)26-11-3-4-12-26/h5-10,13-14H,3-4,11-12H2,1-2H3,(H,25,27). The fourth-order valence-corrected chi connectivity index (χ4v) is 3.26. The number of benzene rings is 2. The van der Waals surface area contributed by atoms with Gasteiger partial charge in [-0.05, 0) is 54.7 Å². The van der Waals surface area contributed by atoms with E-state index in [9.17, 15) is 18.0 Å². The molecule has 1 heterocycles. The number of hydrogen-bond acceptors (Lipinski definition) is 2. The Morgan fingerprint density at radius 3 is 2.22 bits per heavy atom. The van der Waals surface area contributed by atoms with E-state index in [1.165, 1.54) is 6.07 Å². The van der Waals surface area contributed by atoms with Crippen molar-refractivity contribution in [3.63, 3.8) is 0 Å². The number of rotatable bonds is 4. The molecule has 0 saturated carbocycles. The van der Waals surface area contributed by atoms with Crippen LogP contribution in [0.1, 0.15) is 54.1 Å². The normalized spacial score (nSPS) is 14.7. The Balaban J connectivity index is 1.89. The maximum absolute atomic E-state index is 13.1. The molecule has 2 aromatic rings. The van der Waals surface area contributed by atoms with Gasteiger partial charge < -0.3 is 10.2 Å². The van der Waals surface area contributed by atoms with Gasteiger partial charge in [0.15, 0.2) is 0 Å². The van der Waals surface area contributed by atoms with Crippen molar-refractivity contribution >= 4 is 17.3 Å². The van der Waals surface area contributed by atoms with Crippen LogP contribution in [0.15, 0.2) is 42.5 Å². The summed E-state index contributed by atoms with van der Waals surface area (Å²) in [6.07, 6.45) is -2.47. The number of alkyl halides is 3. The Kier molecular flexibility index (Phi) is 5.44. The van der Waals surface area contributed by atoms with Crippen LogP contribution in [0.4, 0.5) is 24.5 Å². The van der Waals surface area contributed by atoms with Crippen molar-refractivity contribution in [3.05, 3.63) is 59.2 Å². The Morgan fingerprint density at radius 1 is 1.04 bits per heavy atom. The topological polar surface area (TPSA) is 32.3 Å². The third kappa shape index (κ3) is 4.43. The minimum atomic E-state index is -4.46. The summed E-state index contributed by atoms with van der Waals surface area (Å²) in [6, 6.07) is 10.7. The fourth-order valence-electron chi connectivity index (χ4n) is 3.26. The van der Waals surface area contributed by atoms with Gasteiger partial charge in [0.05, 0.1) is 16.9 Å². The number of hydrogen-bond donors (Lipinski definition) is 1. The van der Waals surface area contributed by atoms with E-state index in [1.807, 2.05) is 17.0 Å². The fraction of sp³-hybridized carbons (Fsp3) is 0.381. The first kappa shape index (κ1) is 19.3. The summed E-state index contributed by atoms with van der Waals surface area (Å²) < 4.78 is 39.4. The molecular weight excluding hydrogens is 353 g/mol. The van der Waals surface area contributed by atoms with Gasteiger partial charge in [-0.2, -0.15) is 13.2 Å². The van der Waals surface area contributed by atoms with E-state index in [0.717, 1.165) is 43.6 Å². The van der Waals surface area contributed by atoms with E-state index in [-0.39, 0.29) is 5.69 Å². The molecule has 2 aromatic carbocycles. The molecule has 1 fully saturated rings. The SMILES string of the molecule is CC(C)c1ccc(C(=O)Nc2cc(C(F)(F)F)ccc2N2CCCC2)cc1. The lowest BCUT2D eigenvalue weighted by Crippen LogP contribution is -2.22. The lowest BCUT2D eigenvalue weighted by molar-refractivity contribution is -0.137. The predicted octanol–water partition coefficient (Wildman–Crippen LogP) is 5.68. The van der Waals surface area contributed by atoms with Crippen molar-refractivity contribution < 1.29 is 18.0 Å². The second-order valence-corrected chi connectivity index (χ2v) is 7.15. The molecule has 0 aromatic heterocycles. The van der Waals surface area contributed by atoms with Crippen LogP contribution in [0.2, 0.25) is 0 Å². The van der Waals surface area contributed by atoms with Crippen molar-refractivity contribution in [1.82, 2.24) is 0 Å². The molecule has 1 amide bonds. The smallest absolute Gasteiger partial charge is 0.370 e. The van der Waals surface area contributed by atoms with Crippen LogP contribution in [0.25, 0.3) is 0 Å². The van der Waals surface area contributed by atoms with Gasteiger partial charge >= 0.3 is 6.18 Å². The van der Waals surface area contributed by atoms with Crippen molar-refractivity contribution in [2.75, 3.05) is 23.3 Å². The van der Waals surface area contributed by atoms with Crippen LogP contribution in [0.5, 0.6) is 0 Å². The lowest BCUT2D eigenvalue weighted by atomic mass is 10.0. The minimum absolute atomic E-state index is 0.199. The molecule has 0 spiro atoms. The second kappa shape index (κ2) is 7.62. The third-order valence-corrected chi connectivity index (χ3v) is 4.86. The van der Waals surface area contributed by atoms with Crippen LogP contribution >= 0.6 is 0 Å². The summed E-state index contributed by atoms with van der Waals surface area (Å²) in [5, 5.41) is 2.68. The molecule has 0 radical (unpaired) electrons. The molecule has 1 N–H and O–H groups in total. The summed E-state index contributed by atoms with van der Waals surface area (Å²) in [5.74, 6) is -0.0718. The van der Waals surface area contributed by atoms with Crippen molar-refractivity contribution in [2.45, 2.75) is 38.8 Å². The number of carbonyl (C=O) groups is 1. The first-order chi connectivity index (χ1) is 12.8. The number of amides is 1. The Labute approximate surface area is 157 Å². The minimum Gasteiger partial charge on any atom is -0.370 e. The number of halogens is 3. The highest BCUT2D eigenvalue weighted by Gasteiger charge is 2.32. The number of anilines is 2. The molecule has 1 saturated heterocycles. The predicted molar refractivity (Wildman–Crippen MR) is 101 cm³/mol. The number of carbonyl (C=O) groups excluding carboxylic acids is 1. The van der Waals surface area contributed by atoms with Crippen LogP contribution < -0.4 is 10.2 Å². The monoisotopic (exact) mass is 376 g/mol. The molecule has 144 valence electrons. The van der Waals surface area contributed by atoms with E-state index >= 15 is 0 Å². The first-order valence-electron chi connectivity index (χ1n) is 9.13. The van der Waals surface area contributed by atoms with E-state index in [2.05, 4.69) is 19.2 Å². The molecule has 1 aliphatic heterocycles. The number of nitrogens with one attached hydrogen (secondary N) is 1. The highest BCUT2D eigenvalue weighted by molar-refractivity contribution is 6.06. The third-order valence-electron chi connectivity index (χ3n) is 4.86. The molecule has 27 heavy (non-hydrogen) atoms. The molecule has 0 atom stereocenters. The Bertz CT molecular complexity index is 807. The van der Waals surface area contributed by atoms with E-state index in [0.29, 0.717) is 17.2 Å². The maximum atomic E-state index is 13.1. The second-order valence-electron chi connectivity index (χ2n) is 7.15. The summed E-state index contributed by atoms with van der Waals surface area (Å²) in [6.45, 7) is 5.66. The van der Waals surface area contributed by atoms with Gasteiger partial charge in [0.25, 0.3) is 5.91 Å². The van der Waals surface area contributed by atoms with Crippen molar-refractivity contribution in [1.29, 1.82) is 0 Å². The van der Waals surface area contributed by atoms with Gasteiger partial charge in [-0.3, -0.25) is 4.79 Å². The van der Waals surface area contributed by atoms with Crippen LogP contribution in [-0.2, 0) is 6.18 Å². The van der Waals surface area contributed by atoms with Gasteiger partial charge in [-0.25, -0.2) is 0 Å². The van der Waals surface area contributed by atoms with Gasteiger partial charge in [-0.15, -0.1) is 0 Å². The first-order valence-corrected chi connectivity index (χ1v) is 9.13. The zero-order chi connectivity index (χ0) is 19.6. The van der Waals surface area contributed by atoms with Gasteiger partial charge in [0.1, 0.15) is 0 Å². The summed E-state index contributed by atoms with van der Waals surface area (Å²) in [5.41, 5.74) is 1.58. The molecule has 0 bridgehead atoms. The molecule has 6 heteroatoms.